The van der Waals surface area contributed by atoms with Gasteiger partial charge >= 0.3 is 0 Å². The van der Waals surface area contributed by atoms with Gasteiger partial charge in [0.1, 0.15) is 5.76 Å². The van der Waals surface area contributed by atoms with Crippen molar-refractivity contribution in [2.45, 2.75) is 13.0 Å². The van der Waals surface area contributed by atoms with Crippen molar-refractivity contribution in [2.75, 3.05) is 6.54 Å². The summed E-state index contributed by atoms with van der Waals surface area (Å²) >= 11 is 9.44. The molecule has 0 aliphatic carbocycles. The molecule has 17 heavy (non-hydrogen) atoms. The lowest BCUT2D eigenvalue weighted by molar-refractivity contribution is 0.452. The number of hydrogen-bond acceptors (Lipinski definition) is 2. The van der Waals surface area contributed by atoms with Gasteiger partial charge in [0.05, 0.1) is 17.3 Å². The Morgan fingerprint density at radius 2 is 2.24 bits per heavy atom. The van der Waals surface area contributed by atoms with E-state index in [-0.39, 0.29) is 6.04 Å². The van der Waals surface area contributed by atoms with Gasteiger partial charge in [-0.15, -0.1) is 0 Å². The molecule has 1 aromatic carbocycles. The minimum absolute atomic E-state index is 0.0589. The molecule has 0 aliphatic heterocycles. The van der Waals surface area contributed by atoms with Crippen LogP contribution in [0.15, 0.2) is 45.5 Å². The van der Waals surface area contributed by atoms with Crippen LogP contribution in [0.5, 0.6) is 0 Å². The van der Waals surface area contributed by atoms with E-state index >= 15 is 0 Å². The third-order valence-corrected chi connectivity index (χ3v) is 3.73. The van der Waals surface area contributed by atoms with Gasteiger partial charge in [-0.1, -0.05) is 24.6 Å². The number of nitrogens with one attached hydrogen (secondary N) is 1. The van der Waals surface area contributed by atoms with Crippen LogP contribution in [0, 0.1) is 0 Å². The molecular formula is C13H13BrClNO. The van der Waals surface area contributed by atoms with Gasteiger partial charge < -0.3 is 9.73 Å². The first-order valence-electron chi connectivity index (χ1n) is 5.44. The maximum absolute atomic E-state index is 6.00. The molecule has 0 bridgehead atoms. The molecule has 0 aliphatic rings. The molecular weight excluding hydrogens is 302 g/mol. The van der Waals surface area contributed by atoms with Crippen LogP contribution in [0.1, 0.15) is 24.3 Å². The van der Waals surface area contributed by atoms with Crippen LogP contribution < -0.4 is 5.32 Å². The van der Waals surface area contributed by atoms with Crippen LogP contribution in [-0.2, 0) is 0 Å². The van der Waals surface area contributed by atoms with E-state index in [9.17, 15) is 0 Å². The largest absolute Gasteiger partial charge is 0.467 e. The van der Waals surface area contributed by atoms with E-state index in [0.29, 0.717) is 5.02 Å². The summed E-state index contributed by atoms with van der Waals surface area (Å²) in [5.41, 5.74) is 1.12. The van der Waals surface area contributed by atoms with Gasteiger partial charge in [0.2, 0.25) is 0 Å². The highest BCUT2D eigenvalue weighted by molar-refractivity contribution is 9.10. The minimum atomic E-state index is 0.0589. The maximum Gasteiger partial charge on any atom is 0.125 e. The van der Waals surface area contributed by atoms with Crippen molar-refractivity contribution in [3.8, 4) is 0 Å². The van der Waals surface area contributed by atoms with Crippen LogP contribution in [0.2, 0.25) is 5.02 Å². The van der Waals surface area contributed by atoms with Gasteiger partial charge in [-0.25, -0.2) is 0 Å². The first-order chi connectivity index (χ1) is 8.22. The average Bonchev–Trinajstić information content (AvgIpc) is 2.83. The third kappa shape index (κ3) is 2.92. The lowest BCUT2D eigenvalue weighted by atomic mass is 10.0. The molecule has 90 valence electrons. The number of furan rings is 1. The van der Waals surface area contributed by atoms with Crippen molar-refractivity contribution in [1.82, 2.24) is 5.32 Å². The van der Waals surface area contributed by atoms with E-state index in [1.807, 2.05) is 30.3 Å². The Morgan fingerprint density at radius 1 is 1.41 bits per heavy atom. The molecule has 0 fully saturated rings. The predicted octanol–water partition coefficient (Wildman–Crippen LogP) is 4.39. The Hall–Kier alpha value is -0.770. The van der Waals surface area contributed by atoms with E-state index < -0.39 is 0 Å². The molecule has 1 unspecified atom stereocenters. The van der Waals surface area contributed by atoms with Crippen molar-refractivity contribution in [3.05, 3.63) is 57.4 Å². The predicted molar refractivity (Wildman–Crippen MR) is 73.4 cm³/mol. The molecule has 1 aromatic heterocycles. The number of benzene rings is 1. The van der Waals surface area contributed by atoms with Crippen molar-refractivity contribution >= 4 is 27.5 Å². The number of halogens is 2. The second-order valence-electron chi connectivity index (χ2n) is 3.68. The van der Waals surface area contributed by atoms with Gasteiger partial charge in [-0.05, 0) is 52.3 Å². The normalized spacial score (nSPS) is 12.6. The monoisotopic (exact) mass is 313 g/mol. The summed E-state index contributed by atoms with van der Waals surface area (Å²) < 4.78 is 6.36. The highest BCUT2D eigenvalue weighted by Crippen LogP contribution is 2.29. The SMILES string of the molecule is CCNC(c1ccc(Cl)c(Br)c1)c1ccco1. The van der Waals surface area contributed by atoms with Crippen molar-refractivity contribution < 1.29 is 4.42 Å². The first kappa shape index (κ1) is 12.7. The molecule has 0 saturated carbocycles. The zero-order valence-corrected chi connectivity index (χ0v) is 11.8. The Labute approximate surface area is 114 Å². The summed E-state index contributed by atoms with van der Waals surface area (Å²) in [5, 5.41) is 4.10. The fourth-order valence-corrected chi connectivity index (χ4v) is 2.25. The molecule has 1 heterocycles. The van der Waals surface area contributed by atoms with E-state index in [2.05, 4.69) is 28.2 Å². The molecule has 0 saturated heterocycles. The summed E-state index contributed by atoms with van der Waals surface area (Å²) in [7, 11) is 0. The zero-order valence-electron chi connectivity index (χ0n) is 9.41. The highest BCUT2D eigenvalue weighted by Gasteiger charge is 2.16. The molecule has 0 amide bonds. The first-order valence-corrected chi connectivity index (χ1v) is 6.61. The Balaban J connectivity index is 2.35. The van der Waals surface area contributed by atoms with Crippen molar-refractivity contribution in [3.63, 3.8) is 0 Å². The van der Waals surface area contributed by atoms with E-state index in [1.54, 1.807) is 6.26 Å². The highest BCUT2D eigenvalue weighted by atomic mass is 79.9. The van der Waals surface area contributed by atoms with E-state index in [0.717, 1.165) is 22.3 Å². The Morgan fingerprint density at radius 3 is 2.82 bits per heavy atom. The number of rotatable bonds is 4. The molecule has 1 N–H and O–H groups in total. The average molecular weight is 315 g/mol. The zero-order chi connectivity index (χ0) is 12.3. The van der Waals surface area contributed by atoms with Crippen molar-refractivity contribution in [2.24, 2.45) is 0 Å². The van der Waals surface area contributed by atoms with E-state index in [4.69, 9.17) is 16.0 Å². The Bertz CT molecular complexity index is 484. The summed E-state index contributed by atoms with van der Waals surface area (Å²) in [4.78, 5) is 0. The van der Waals surface area contributed by atoms with Crippen LogP contribution in [0.3, 0.4) is 0 Å². The quantitative estimate of drug-likeness (QED) is 0.905. The van der Waals surface area contributed by atoms with Crippen molar-refractivity contribution in [1.29, 1.82) is 0 Å². The van der Waals surface area contributed by atoms with Gasteiger partial charge in [0, 0.05) is 4.47 Å². The second kappa shape index (κ2) is 5.71. The third-order valence-electron chi connectivity index (χ3n) is 2.51. The van der Waals surface area contributed by atoms with Crippen LogP contribution >= 0.6 is 27.5 Å². The van der Waals surface area contributed by atoms with Gasteiger partial charge in [0.25, 0.3) is 0 Å². The molecule has 2 rings (SSSR count). The molecule has 0 spiro atoms. The smallest absolute Gasteiger partial charge is 0.125 e. The molecule has 2 aromatic rings. The van der Waals surface area contributed by atoms with Gasteiger partial charge in [0.15, 0.2) is 0 Å². The summed E-state index contributed by atoms with van der Waals surface area (Å²) in [6.07, 6.45) is 1.69. The number of hydrogen-bond donors (Lipinski definition) is 1. The molecule has 0 radical (unpaired) electrons. The summed E-state index contributed by atoms with van der Waals surface area (Å²) in [6, 6.07) is 9.82. The topological polar surface area (TPSA) is 25.2 Å². The molecule has 1 atom stereocenters. The second-order valence-corrected chi connectivity index (χ2v) is 4.94. The summed E-state index contributed by atoms with van der Waals surface area (Å²) in [6.45, 7) is 2.94. The Kier molecular flexibility index (Phi) is 4.26. The fourth-order valence-electron chi connectivity index (χ4n) is 1.73. The molecule has 2 nitrogen and oxygen atoms in total. The standard InChI is InChI=1S/C13H13BrClNO/c1-2-16-13(12-4-3-7-17-12)9-5-6-11(15)10(14)8-9/h3-8,13,16H,2H2,1H3. The van der Waals surface area contributed by atoms with Gasteiger partial charge in [-0.3, -0.25) is 0 Å². The molecule has 4 heteroatoms. The van der Waals surface area contributed by atoms with Crippen LogP contribution in [0.25, 0.3) is 0 Å². The lowest BCUT2D eigenvalue weighted by Gasteiger charge is -2.16. The van der Waals surface area contributed by atoms with Crippen LogP contribution in [-0.4, -0.2) is 6.54 Å². The minimum Gasteiger partial charge on any atom is -0.467 e. The van der Waals surface area contributed by atoms with Gasteiger partial charge in [-0.2, -0.15) is 0 Å². The fraction of sp³-hybridized carbons (Fsp3) is 0.231. The van der Waals surface area contributed by atoms with Crippen LogP contribution in [0.4, 0.5) is 0 Å². The van der Waals surface area contributed by atoms with E-state index in [1.165, 1.54) is 0 Å². The maximum atomic E-state index is 6.00. The lowest BCUT2D eigenvalue weighted by Crippen LogP contribution is -2.21. The summed E-state index contributed by atoms with van der Waals surface area (Å²) in [5.74, 6) is 0.904.